The molecule has 0 aliphatic heterocycles. The van der Waals surface area contributed by atoms with Crippen molar-refractivity contribution in [3.05, 3.63) is 164 Å². The molecule has 0 unspecified atom stereocenters. The van der Waals surface area contributed by atoms with Crippen molar-refractivity contribution < 1.29 is 4.57 Å². The number of benzene rings is 7. The first kappa shape index (κ1) is 25.9. The van der Waals surface area contributed by atoms with Gasteiger partial charge in [0.2, 0.25) is 0 Å². The highest BCUT2D eigenvalue weighted by Crippen LogP contribution is 2.43. The molecule has 3 nitrogen and oxygen atoms in total. The van der Waals surface area contributed by atoms with Crippen molar-refractivity contribution in [2.24, 2.45) is 0 Å². The molecule has 9 rings (SSSR count). The molecule has 212 valence electrons. The minimum absolute atomic E-state index is 0.840. The minimum atomic E-state index is -3.04. The average molecular weight is 595 g/mol. The lowest BCUT2D eigenvalue weighted by atomic mass is 9.98. The Hall–Kier alpha value is -5.50. The van der Waals surface area contributed by atoms with Gasteiger partial charge in [0.25, 0.3) is 0 Å². The lowest BCUT2D eigenvalue weighted by Crippen LogP contribution is -2.24. The van der Waals surface area contributed by atoms with Gasteiger partial charge < -0.3 is 4.57 Å². The van der Waals surface area contributed by atoms with Crippen molar-refractivity contribution in [1.29, 1.82) is 0 Å². The van der Waals surface area contributed by atoms with Crippen LogP contribution in [0, 0.1) is 0 Å². The monoisotopic (exact) mass is 594 g/mol. The second-order valence-corrected chi connectivity index (χ2v) is 14.3. The number of aromatic nitrogens is 2. The number of fused-ring (bicyclic) bond motifs is 9. The fourth-order valence-corrected chi connectivity index (χ4v) is 9.50. The molecule has 7 aromatic carbocycles. The van der Waals surface area contributed by atoms with Gasteiger partial charge in [0.15, 0.2) is 7.14 Å². The molecule has 9 aromatic rings. The minimum Gasteiger partial charge on any atom is -0.309 e. The van der Waals surface area contributed by atoms with Crippen molar-refractivity contribution in [3.8, 4) is 11.1 Å². The summed E-state index contributed by atoms with van der Waals surface area (Å²) in [6.45, 7) is 0. The molecular weight excluding hydrogens is 567 g/mol. The Bertz CT molecular complexity index is 2580. The maximum Gasteiger partial charge on any atom is 0.171 e. The SMILES string of the molecule is O=P(c1ccccc1)(c1ccccc1)c1ccc2cc(-c3ccc4c5ccccc5c5nc6ccccc6n5c4c3)ccc2c1. The Morgan fingerprint density at radius 3 is 1.82 bits per heavy atom. The molecule has 0 saturated heterocycles. The van der Waals surface area contributed by atoms with E-state index in [-0.39, 0.29) is 0 Å². The molecule has 2 heterocycles. The van der Waals surface area contributed by atoms with Gasteiger partial charge in [-0.25, -0.2) is 4.98 Å². The van der Waals surface area contributed by atoms with Gasteiger partial charge in [-0.1, -0.05) is 133 Å². The number of hydrogen-bond donors (Lipinski definition) is 0. The molecule has 2 aromatic heterocycles. The molecular formula is C41H27N2OP. The van der Waals surface area contributed by atoms with Crippen LogP contribution in [-0.2, 0) is 4.57 Å². The van der Waals surface area contributed by atoms with Crippen LogP contribution in [0.15, 0.2) is 164 Å². The summed E-state index contributed by atoms with van der Waals surface area (Å²) in [5, 5.41) is 8.26. The third-order valence-corrected chi connectivity index (χ3v) is 12.1. The van der Waals surface area contributed by atoms with Gasteiger partial charge in [0, 0.05) is 26.7 Å². The van der Waals surface area contributed by atoms with Crippen LogP contribution in [0.5, 0.6) is 0 Å². The van der Waals surface area contributed by atoms with Crippen molar-refractivity contribution in [3.63, 3.8) is 0 Å². The third kappa shape index (κ3) is 3.98. The largest absolute Gasteiger partial charge is 0.309 e. The zero-order valence-electron chi connectivity index (χ0n) is 24.3. The van der Waals surface area contributed by atoms with Crippen LogP contribution in [0.1, 0.15) is 0 Å². The maximum atomic E-state index is 14.9. The number of hydrogen-bond acceptors (Lipinski definition) is 2. The second-order valence-electron chi connectivity index (χ2n) is 11.6. The summed E-state index contributed by atoms with van der Waals surface area (Å²) >= 11 is 0. The maximum absolute atomic E-state index is 14.9. The molecule has 0 bridgehead atoms. The van der Waals surface area contributed by atoms with E-state index in [4.69, 9.17) is 4.98 Å². The smallest absolute Gasteiger partial charge is 0.171 e. The van der Waals surface area contributed by atoms with Gasteiger partial charge in [0.05, 0.1) is 16.6 Å². The van der Waals surface area contributed by atoms with E-state index >= 15 is 0 Å². The van der Waals surface area contributed by atoms with E-state index in [9.17, 15) is 4.57 Å². The van der Waals surface area contributed by atoms with E-state index in [0.717, 1.165) is 65.4 Å². The number of rotatable bonds is 4. The summed E-state index contributed by atoms with van der Waals surface area (Å²) in [5.74, 6) is 0. The van der Waals surface area contributed by atoms with E-state index in [1.165, 1.54) is 10.8 Å². The molecule has 0 fully saturated rings. The predicted octanol–water partition coefficient (Wildman–Crippen LogP) is 9.25. The first-order valence-electron chi connectivity index (χ1n) is 15.2. The van der Waals surface area contributed by atoms with E-state index in [1.807, 2.05) is 72.8 Å². The van der Waals surface area contributed by atoms with Crippen LogP contribution in [0.25, 0.3) is 60.3 Å². The fraction of sp³-hybridized carbons (Fsp3) is 0. The first-order valence-corrected chi connectivity index (χ1v) is 16.9. The number of imidazole rings is 1. The lowest BCUT2D eigenvalue weighted by molar-refractivity contribution is 0.592. The average Bonchev–Trinajstić information content (AvgIpc) is 3.52. The molecule has 4 heteroatoms. The summed E-state index contributed by atoms with van der Waals surface area (Å²) in [5.41, 5.74) is 6.48. The summed E-state index contributed by atoms with van der Waals surface area (Å²) < 4.78 is 17.2. The van der Waals surface area contributed by atoms with Crippen LogP contribution in [0.3, 0.4) is 0 Å². The molecule has 0 aliphatic carbocycles. The zero-order valence-corrected chi connectivity index (χ0v) is 25.2. The summed E-state index contributed by atoms with van der Waals surface area (Å²) in [7, 11) is -3.04. The number of nitrogens with zero attached hydrogens (tertiary/aromatic N) is 2. The molecule has 0 spiro atoms. The number of para-hydroxylation sites is 2. The van der Waals surface area contributed by atoms with Gasteiger partial charge in [0.1, 0.15) is 5.65 Å². The van der Waals surface area contributed by atoms with E-state index < -0.39 is 7.14 Å². The van der Waals surface area contributed by atoms with Gasteiger partial charge in [-0.3, -0.25) is 4.40 Å². The van der Waals surface area contributed by atoms with Crippen molar-refractivity contribution in [2.45, 2.75) is 0 Å². The molecule has 0 saturated carbocycles. The summed E-state index contributed by atoms with van der Waals surface area (Å²) in [6, 6.07) is 56.2. The molecule has 0 amide bonds. The summed E-state index contributed by atoms with van der Waals surface area (Å²) in [4.78, 5) is 5.05. The highest BCUT2D eigenvalue weighted by atomic mass is 31.2. The topological polar surface area (TPSA) is 34.4 Å². The summed E-state index contributed by atoms with van der Waals surface area (Å²) in [6.07, 6.45) is 0. The standard InChI is InChI=1S/C41H27N2OP/c44-45(32-11-3-1-4-12-32,33-13-5-2-6-14-33)34-23-21-29-25-28(19-20-30(29)26-34)31-22-24-36-35-15-7-8-16-37(35)41-42-38-17-9-10-18-39(38)43(41)40(36)27-31/h1-27H. The van der Waals surface area contributed by atoms with Crippen LogP contribution < -0.4 is 15.9 Å². The predicted molar refractivity (Wildman–Crippen MR) is 190 cm³/mol. The molecule has 0 atom stereocenters. The van der Waals surface area contributed by atoms with E-state index in [1.54, 1.807) is 0 Å². The highest BCUT2D eigenvalue weighted by Gasteiger charge is 2.29. The second kappa shape index (κ2) is 10.0. The zero-order chi connectivity index (χ0) is 30.0. The Balaban J connectivity index is 1.21. The highest BCUT2D eigenvalue weighted by molar-refractivity contribution is 7.85. The van der Waals surface area contributed by atoms with Gasteiger partial charge in [-0.15, -0.1) is 0 Å². The molecule has 0 N–H and O–H groups in total. The normalized spacial score (nSPS) is 12.1. The van der Waals surface area contributed by atoms with Crippen LogP contribution >= 0.6 is 7.14 Å². The Morgan fingerprint density at radius 2 is 1.04 bits per heavy atom. The van der Waals surface area contributed by atoms with Crippen molar-refractivity contribution in [1.82, 2.24) is 9.38 Å². The fourth-order valence-electron chi connectivity index (χ4n) is 6.82. The van der Waals surface area contributed by atoms with E-state index in [2.05, 4.69) is 95.4 Å². The van der Waals surface area contributed by atoms with Gasteiger partial charge >= 0.3 is 0 Å². The van der Waals surface area contributed by atoms with Gasteiger partial charge in [-0.2, -0.15) is 0 Å². The van der Waals surface area contributed by atoms with Crippen LogP contribution in [0.2, 0.25) is 0 Å². The van der Waals surface area contributed by atoms with Crippen molar-refractivity contribution >= 4 is 72.2 Å². The first-order chi connectivity index (χ1) is 22.2. The Kier molecular flexibility index (Phi) is 5.78. The molecule has 45 heavy (non-hydrogen) atoms. The third-order valence-electron chi connectivity index (χ3n) is 9.02. The molecule has 0 aliphatic rings. The number of pyridine rings is 1. The Morgan fingerprint density at radius 1 is 0.444 bits per heavy atom. The lowest BCUT2D eigenvalue weighted by Gasteiger charge is -2.20. The van der Waals surface area contributed by atoms with Gasteiger partial charge in [-0.05, 0) is 57.6 Å². The van der Waals surface area contributed by atoms with Crippen molar-refractivity contribution in [2.75, 3.05) is 0 Å². The van der Waals surface area contributed by atoms with Crippen LogP contribution in [-0.4, -0.2) is 9.38 Å². The quantitative estimate of drug-likeness (QED) is 0.150. The molecule has 0 radical (unpaired) electrons. The Labute approximate surface area is 260 Å². The van der Waals surface area contributed by atoms with Crippen LogP contribution in [0.4, 0.5) is 0 Å². The van der Waals surface area contributed by atoms with E-state index in [0.29, 0.717) is 0 Å².